The zero-order valence-corrected chi connectivity index (χ0v) is 18.1. The number of nitrogens with one attached hydrogen (secondary N) is 3. The molecule has 0 saturated carbocycles. The lowest BCUT2D eigenvalue weighted by Gasteiger charge is -2.40. The highest BCUT2D eigenvalue weighted by atomic mass is 19.1. The molecule has 0 aliphatic carbocycles. The molecule has 3 rings (SSSR count). The molecule has 0 bridgehead atoms. The van der Waals surface area contributed by atoms with Gasteiger partial charge in [-0.15, -0.1) is 0 Å². The lowest BCUT2D eigenvalue weighted by Crippen LogP contribution is -2.55. The number of nitrogens with zero attached hydrogens (tertiary/aromatic N) is 3. The molecule has 1 atom stereocenters. The van der Waals surface area contributed by atoms with Gasteiger partial charge in [-0.25, -0.2) is 4.39 Å². The van der Waals surface area contributed by atoms with Crippen molar-refractivity contribution in [1.82, 2.24) is 25.4 Å². The molecule has 1 saturated heterocycles. The molecule has 1 aromatic carbocycles. The minimum absolute atomic E-state index is 0.214. The second-order valence-electron chi connectivity index (χ2n) is 8.28. The van der Waals surface area contributed by atoms with Crippen LogP contribution in [-0.4, -0.2) is 80.1 Å². The SMILES string of the molecule is CN=C(NCCc1c[nH]c2cc(F)ccc12)NCC(C(C)C)N1CCN(C)CC1. The number of rotatable bonds is 7. The van der Waals surface area contributed by atoms with Crippen LogP contribution in [0.5, 0.6) is 0 Å². The van der Waals surface area contributed by atoms with Gasteiger partial charge in [0.25, 0.3) is 0 Å². The van der Waals surface area contributed by atoms with Gasteiger partial charge in [0.15, 0.2) is 5.96 Å². The van der Waals surface area contributed by atoms with Gasteiger partial charge in [0.05, 0.1) is 0 Å². The van der Waals surface area contributed by atoms with E-state index in [4.69, 9.17) is 0 Å². The number of halogens is 1. The first-order valence-electron chi connectivity index (χ1n) is 10.6. The molecule has 0 radical (unpaired) electrons. The Labute approximate surface area is 173 Å². The Bertz CT molecular complexity index is 807. The predicted octanol–water partition coefficient (Wildman–Crippen LogP) is 2.29. The molecule has 1 aliphatic heterocycles. The van der Waals surface area contributed by atoms with Crippen LogP contribution in [0.1, 0.15) is 19.4 Å². The lowest BCUT2D eigenvalue weighted by atomic mass is 10.0. The van der Waals surface area contributed by atoms with E-state index in [0.29, 0.717) is 12.0 Å². The quantitative estimate of drug-likeness (QED) is 0.491. The lowest BCUT2D eigenvalue weighted by molar-refractivity contribution is 0.0900. The molecule has 6 nitrogen and oxygen atoms in total. The molecule has 1 aliphatic rings. The fourth-order valence-electron chi connectivity index (χ4n) is 4.04. The maximum atomic E-state index is 13.3. The summed E-state index contributed by atoms with van der Waals surface area (Å²) in [4.78, 5) is 12.5. The van der Waals surface area contributed by atoms with E-state index >= 15 is 0 Å². The zero-order valence-electron chi connectivity index (χ0n) is 18.1. The van der Waals surface area contributed by atoms with Crippen molar-refractivity contribution in [1.29, 1.82) is 0 Å². The Hall–Kier alpha value is -2.12. The maximum Gasteiger partial charge on any atom is 0.191 e. The summed E-state index contributed by atoms with van der Waals surface area (Å²) in [5.41, 5.74) is 2.02. The number of guanidine groups is 1. The number of hydrogen-bond donors (Lipinski definition) is 3. The van der Waals surface area contributed by atoms with Crippen LogP contribution < -0.4 is 10.6 Å². The summed E-state index contributed by atoms with van der Waals surface area (Å²) in [7, 11) is 4.00. The van der Waals surface area contributed by atoms with E-state index in [1.54, 1.807) is 0 Å². The monoisotopic (exact) mass is 402 g/mol. The first kappa shape index (κ1) is 21.6. The fourth-order valence-corrected chi connectivity index (χ4v) is 4.04. The molecule has 7 heteroatoms. The summed E-state index contributed by atoms with van der Waals surface area (Å²) in [6.07, 6.45) is 2.81. The number of aromatic amines is 1. The first-order valence-corrected chi connectivity index (χ1v) is 10.6. The van der Waals surface area contributed by atoms with E-state index < -0.39 is 0 Å². The van der Waals surface area contributed by atoms with E-state index in [2.05, 4.69) is 51.3 Å². The molecular weight excluding hydrogens is 367 g/mol. The number of fused-ring (bicyclic) bond motifs is 1. The highest BCUT2D eigenvalue weighted by molar-refractivity contribution is 5.83. The number of piperazine rings is 1. The molecule has 2 heterocycles. The van der Waals surface area contributed by atoms with Crippen molar-refractivity contribution < 1.29 is 4.39 Å². The number of likely N-dealkylation sites (N-methyl/N-ethyl adjacent to an activating group) is 1. The Morgan fingerprint density at radius 3 is 2.66 bits per heavy atom. The van der Waals surface area contributed by atoms with Crippen molar-refractivity contribution in [3.05, 3.63) is 35.8 Å². The third-order valence-corrected chi connectivity index (χ3v) is 5.89. The van der Waals surface area contributed by atoms with Crippen molar-refractivity contribution >= 4 is 16.9 Å². The second-order valence-corrected chi connectivity index (χ2v) is 8.28. The number of benzene rings is 1. The van der Waals surface area contributed by atoms with Crippen molar-refractivity contribution in [3.8, 4) is 0 Å². The average molecular weight is 403 g/mol. The molecule has 160 valence electrons. The van der Waals surface area contributed by atoms with E-state index in [9.17, 15) is 4.39 Å². The summed E-state index contributed by atoms with van der Waals surface area (Å²) < 4.78 is 13.3. The largest absolute Gasteiger partial charge is 0.361 e. The standard InChI is InChI=1S/C22H35FN6/c1-16(2)21(29-11-9-28(4)10-12-29)15-27-22(24-3)25-8-7-17-14-26-20-13-18(23)5-6-19(17)20/h5-6,13-14,16,21,26H,7-12,15H2,1-4H3,(H2,24,25,27). The average Bonchev–Trinajstić information content (AvgIpc) is 3.09. The third-order valence-electron chi connectivity index (χ3n) is 5.89. The van der Waals surface area contributed by atoms with E-state index in [-0.39, 0.29) is 5.82 Å². The maximum absolute atomic E-state index is 13.3. The summed E-state index contributed by atoms with van der Waals surface area (Å²) in [5.74, 6) is 1.19. The van der Waals surface area contributed by atoms with Crippen LogP contribution in [0.25, 0.3) is 10.9 Å². The topological polar surface area (TPSA) is 58.7 Å². The van der Waals surface area contributed by atoms with Crippen LogP contribution in [-0.2, 0) is 6.42 Å². The molecule has 0 amide bonds. The Balaban J connectivity index is 1.49. The smallest absolute Gasteiger partial charge is 0.191 e. The van der Waals surface area contributed by atoms with Crippen molar-refractivity contribution in [3.63, 3.8) is 0 Å². The van der Waals surface area contributed by atoms with Gasteiger partial charge in [-0.05, 0) is 43.1 Å². The highest BCUT2D eigenvalue weighted by Gasteiger charge is 2.25. The van der Waals surface area contributed by atoms with Gasteiger partial charge in [0.2, 0.25) is 0 Å². The second kappa shape index (κ2) is 10.1. The van der Waals surface area contributed by atoms with Gasteiger partial charge in [0.1, 0.15) is 5.82 Å². The van der Waals surface area contributed by atoms with Crippen LogP contribution >= 0.6 is 0 Å². The van der Waals surface area contributed by atoms with E-state index in [1.165, 1.54) is 17.7 Å². The van der Waals surface area contributed by atoms with Crippen molar-refractivity contribution in [2.45, 2.75) is 26.3 Å². The van der Waals surface area contributed by atoms with Crippen molar-refractivity contribution in [2.24, 2.45) is 10.9 Å². The van der Waals surface area contributed by atoms with Crippen molar-refractivity contribution in [2.75, 3.05) is 53.4 Å². The predicted molar refractivity (Wildman–Crippen MR) is 119 cm³/mol. The minimum Gasteiger partial charge on any atom is -0.361 e. The van der Waals surface area contributed by atoms with E-state index in [0.717, 1.165) is 62.6 Å². The van der Waals surface area contributed by atoms with Gasteiger partial charge in [-0.3, -0.25) is 9.89 Å². The third kappa shape index (κ3) is 5.70. The zero-order chi connectivity index (χ0) is 20.8. The first-order chi connectivity index (χ1) is 14.0. The van der Waals surface area contributed by atoms with Crippen LogP contribution in [0.4, 0.5) is 4.39 Å². The Morgan fingerprint density at radius 2 is 1.97 bits per heavy atom. The molecular formula is C22H35FN6. The molecule has 1 fully saturated rings. The van der Waals surface area contributed by atoms with Crippen LogP contribution in [0.15, 0.2) is 29.4 Å². The summed E-state index contributed by atoms with van der Waals surface area (Å²) >= 11 is 0. The fraction of sp³-hybridized carbons (Fsp3) is 0.591. The van der Waals surface area contributed by atoms with Gasteiger partial charge < -0.3 is 20.5 Å². The normalized spacial score (nSPS) is 17.8. The molecule has 0 spiro atoms. The van der Waals surface area contributed by atoms with Gasteiger partial charge in [-0.1, -0.05) is 13.8 Å². The highest BCUT2D eigenvalue weighted by Crippen LogP contribution is 2.19. The summed E-state index contributed by atoms with van der Waals surface area (Å²) in [6, 6.07) is 5.38. The molecule has 2 aromatic rings. The van der Waals surface area contributed by atoms with Crippen LogP contribution in [0.3, 0.4) is 0 Å². The molecule has 29 heavy (non-hydrogen) atoms. The number of hydrogen-bond acceptors (Lipinski definition) is 3. The summed E-state index contributed by atoms with van der Waals surface area (Å²) in [6.45, 7) is 10.7. The molecule has 1 aromatic heterocycles. The number of aromatic nitrogens is 1. The number of H-pyrrole nitrogens is 1. The van der Waals surface area contributed by atoms with Crippen LogP contribution in [0, 0.1) is 11.7 Å². The minimum atomic E-state index is -0.214. The Morgan fingerprint density at radius 1 is 1.21 bits per heavy atom. The van der Waals surface area contributed by atoms with E-state index in [1.807, 2.05) is 19.3 Å². The number of aliphatic imine (C=N–C) groups is 1. The van der Waals surface area contributed by atoms with Gasteiger partial charge >= 0.3 is 0 Å². The van der Waals surface area contributed by atoms with Gasteiger partial charge in [0, 0.05) is 69.5 Å². The van der Waals surface area contributed by atoms with Gasteiger partial charge in [-0.2, -0.15) is 0 Å². The summed E-state index contributed by atoms with van der Waals surface area (Å²) in [5, 5.41) is 8.00. The molecule has 1 unspecified atom stereocenters. The molecule has 3 N–H and O–H groups in total. The van der Waals surface area contributed by atoms with Crippen LogP contribution in [0.2, 0.25) is 0 Å². The Kier molecular flexibility index (Phi) is 7.50.